The van der Waals surface area contributed by atoms with E-state index in [1.807, 2.05) is 0 Å². The fourth-order valence-electron chi connectivity index (χ4n) is 2.63. The minimum absolute atomic E-state index is 0.0176. The molecular weight excluding hydrogens is 403 g/mol. The van der Waals surface area contributed by atoms with Crippen LogP contribution in [0.4, 0.5) is 10.2 Å². The second-order valence-corrected chi connectivity index (χ2v) is 8.93. The summed E-state index contributed by atoms with van der Waals surface area (Å²) < 4.78 is 43.3. The van der Waals surface area contributed by atoms with Crippen LogP contribution < -0.4 is 10.5 Å². The first-order chi connectivity index (χ1) is 13.4. The van der Waals surface area contributed by atoms with Crippen molar-refractivity contribution in [3.8, 4) is 11.3 Å². The Morgan fingerprint density at radius 3 is 2.66 bits per heavy atom. The number of rotatable bonds is 6. The van der Waals surface area contributed by atoms with Crippen molar-refractivity contribution in [1.29, 1.82) is 0 Å². The van der Waals surface area contributed by atoms with Crippen molar-refractivity contribution in [2.75, 3.05) is 12.3 Å². The zero-order chi connectivity index (χ0) is 21.6. The Labute approximate surface area is 166 Å². The van der Waals surface area contributed by atoms with Gasteiger partial charge in [0.15, 0.2) is 17.3 Å². The molecule has 0 spiro atoms. The maximum absolute atomic E-state index is 14.6. The lowest BCUT2D eigenvalue weighted by atomic mass is 10.1. The Kier molecular flexibility index (Phi) is 5.30. The number of nitrogen functional groups attached to an aromatic ring is 1. The Bertz CT molecular complexity index is 1190. The van der Waals surface area contributed by atoms with Gasteiger partial charge in [0.25, 0.3) is 0 Å². The Hall–Kier alpha value is -2.67. The molecule has 0 bridgehead atoms. The van der Waals surface area contributed by atoms with Crippen LogP contribution in [-0.2, 0) is 16.6 Å². The molecule has 1 aromatic carbocycles. The van der Waals surface area contributed by atoms with Gasteiger partial charge in [-0.25, -0.2) is 32.0 Å². The van der Waals surface area contributed by atoms with Crippen LogP contribution in [-0.4, -0.2) is 50.4 Å². The lowest BCUT2D eigenvalue weighted by molar-refractivity contribution is 0.0857. The van der Waals surface area contributed by atoms with E-state index in [1.54, 1.807) is 0 Å². The number of hydrogen-bond acceptors (Lipinski definition) is 8. The summed E-state index contributed by atoms with van der Waals surface area (Å²) in [7, 11) is -4.10. The fourth-order valence-corrected chi connectivity index (χ4v) is 3.87. The van der Waals surface area contributed by atoms with E-state index in [-0.39, 0.29) is 45.6 Å². The maximum atomic E-state index is 14.6. The van der Waals surface area contributed by atoms with Gasteiger partial charge in [0.05, 0.1) is 22.4 Å². The summed E-state index contributed by atoms with van der Waals surface area (Å²) in [5.41, 5.74) is 5.41. The summed E-state index contributed by atoms with van der Waals surface area (Å²) >= 11 is 0. The minimum Gasteiger partial charge on any atom is -0.389 e. The van der Waals surface area contributed by atoms with Crippen LogP contribution >= 0.6 is 0 Å². The second-order valence-electron chi connectivity index (χ2n) is 7.16. The molecular formula is C17H21FN6O4S. The number of nitrogens with two attached hydrogens (primary N) is 1. The highest BCUT2D eigenvalue weighted by Gasteiger charge is 2.23. The number of aliphatic hydroxyl groups excluding tert-OH is 1. The van der Waals surface area contributed by atoms with Crippen molar-refractivity contribution in [2.45, 2.75) is 37.9 Å². The molecule has 0 aliphatic heterocycles. The van der Waals surface area contributed by atoms with Crippen molar-refractivity contribution < 1.29 is 23.0 Å². The number of sulfonamides is 1. The van der Waals surface area contributed by atoms with Crippen molar-refractivity contribution in [3.63, 3.8) is 0 Å². The molecule has 0 radical (unpaired) electrons. The monoisotopic (exact) mass is 424 g/mol. The average Bonchev–Trinajstić information content (AvgIpc) is 3.06. The molecule has 0 unspecified atom stereocenters. The van der Waals surface area contributed by atoms with E-state index in [1.165, 1.54) is 37.5 Å². The molecule has 156 valence electrons. The number of anilines is 1. The molecule has 0 saturated carbocycles. The maximum Gasteiger partial charge on any atom is 0.240 e. The lowest BCUT2D eigenvalue weighted by Crippen LogP contribution is -2.38. The van der Waals surface area contributed by atoms with Gasteiger partial charge in [-0.2, -0.15) is 0 Å². The first-order valence-electron chi connectivity index (χ1n) is 8.56. The van der Waals surface area contributed by atoms with Crippen molar-refractivity contribution in [1.82, 2.24) is 24.3 Å². The Balaban J connectivity index is 2.17. The number of benzene rings is 1. The number of fused-ring (bicyclic) bond motifs is 1. The minimum atomic E-state index is -4.10. The fraction of sp³-hybridized carbons (Fsp3) is 0.353. The van der Waals surface area contributed by atoms with Gasteiger partial charge in [-0.3, -0.25) is 0 Å². The number of halogens is 1. The number of nitrogens with one attached hydrogen (secondary N) is 1. The molecule has 0 saturated heterocycles. The number of imidazole rings is 1. The van der Waals surface area contributed by atoms with Crippen LogP contribution in [0.15, 0.2) is 23.2 Å². The van der Waals surface area contributed by atoms with Crippen LogP contribution in [0, 0.1) is 12.7 Å². The number of aromatic nitrogens is 4. The van der Waals surface area contributed by atoms with Gasteiger partial charge in [0.1, 0.15) is 12.4 Å². The average molecular weight is 424 g/mol. The van der Waals surface area contributed by atoms with Crippen LogP contribution in [0.25, 0.3) is 16.9 Å². The molecule has 5 N–H and O–H groups in total. The molecule has 0 aliphatic rings. The summed E-state index contributed by atoms with van der Waals surface area (Å²) in [4.78, 5) is 7.69. The normalized spacial score (nSPS) is 12.6. The quantitative estimate of drug-likeness (QED) is 0.442. The standard InChI is InChI=1S/C17H21FN6O4S/c1-9-11(13-6-20-16-15(19)22-14(7-25)23-24(13)16)4-10(5-12(9)18)29(27,28)21-8-17(2,3)26/h4-6,21,25-26H,7-8H2,1-3H3,(H2,19,22,23). The zero-order valence-electron chi connectivity index (χ0n) is 16.0. The topological polar surface area (TPSA) is 156 Å². The molecule has 3 rings (SSSR count). The third-order valence-corrected chi connectivity index (χ3v) is 5.55. The van der Waals surface area contributed by atoms with Crippen molar-refractivity contribution >= 4 is 21.5 Å². The third kappa shape index (κ3) is 4.19. The second kappa shape index (κ2) is 7.30. The van der Waals surface area contributed by atoms with E-state index >= 15 is 0 Å². The molecule has 0 aliphatic carbocycles. The van der Waals surface area contributed by atoms with Crippen molar-refractivity contribution in [3.05, 3.63) is 35.5 Å². The third-order valence-electron chi connectivity index (χ3n) is 4.17. The smallest absolute Gasteiger partial charge is 0.240 e. The van der Waals surface area contributed by atoms with E-state index in [0.717, 1.165) is 6.07 Å². The molecule has 0 fully saturated rings. The molecule has 10 nitrogen and oxygen atoms in total. The van der Waals surface area contributed by atoms with Gasteiger partial charge in [-0.15, -0.1) is 5.10 Å². The number of nitrogens with zero attached hydrogens (tertiary/aromatic N) is 4. The van der Waals surface area contributed by atoms with E-state index in [2.05, 4.69) is 19.8 Å². The predicted octanol–water partition coefficient (Wildman–Crippen LogP) is 0.363. The first-order valence-corrected chi connectivity index (χ1v) is 10.0. The lowest BCUT2D eigenvalue weighted by Gasteiger charge is -2.18. The van der Waals surface area contributed by atoms with Crippen LogP contribution in [0.3, 0.4) is 0 Å². The summed E-state index contributed by atoms with van der Waals surface area (Å²) in [6.45, 7) is 3.65. The molecule has 0 atom stereocenters. The molecule has 2 aromatic heterocycles. The highest BCUT2D eigenvalue weighted by molar-refractivity contribution is 7.89. The van der Waals surface area contributed by atoms with Gasteiger partial charge in [0.2, 0.25) is 10.0 Å². The Morgan fingerprint density at radius 2 is 2.03 bits per heavy atom. The van der Waals surface area contributed by atoms with E-state index in [0.29, 0.717) is 0 Å². The molecule has 2 heterocycles. The van der Waals surface area contributed by atoms with Crippen molar-refractivity contribution in [2.24, 2.45) is 0 Å². The van der Waals surface area contributed by atoms with Gasteiger partial charge >= 0.3 is 0 Å². The Morgan fingerprint density at radius 1 is 1.34 bits per heavy atom. The van der Waals surface area contributed by atoms with Gasteiger partial charge in [-0.1, -0.05) is 0 Å². The highest BCUT2D eigenvalue weighted by atomic mass is 32.2. The molecule has 0 amide bonds. The molecule has 12 heteroatoms. The zero-order valence-corrected chi connectivity index (χ0v) is 16.8. The summed E-state index contributed by atoms with van der Waals surface area (Å²) in [5, 5.41) is 23.2. The largest absolute Gasteiger partial charge is 0.389 e. The van der Waals surface area contributed by atoms with Gasteiger partial charge < -0.3 is 15.9 Å². The predicted molar refractivity (Wildman–Crippen MR) is 103 cm³/mol. The van der Waals surface area contributed by atoms with E-state index < -0.39 is 28.0 Å². The van der Waals surface area contributed by atoms with Gasteiger partial charge in [-0.05, 0) is 38.5 Å². The molecule has 29 heavy (non-hydrogen) atoms. The highest BCUT2D eigenvalue weighted by Crippen LogP contribution is 2.29. The SMILES string of the molecule is Cc1c(F)cc(S(=O)(=O)NCC(C)(C)O)cc1-c1cnc2c(N)nc(CO)nn12. The summed E-state index contributed by atoms with van der Waals surface area (Å²) in [5.74, 6) is -0.697. The van der Waals surface area contributed by atoms with E-state index in [9.17, 15) is 23.0 Å². The van der Waals surface area contributed by atoms with E-state index in [4.69, 9.17) is 5.73 Å². The van der Waals surface area contributed by atoms with Crippen LogP contribution in [0.1, 0.15) is 25.2 Å². The number of hydrogen-bond donors (Lipinski definition) is 4. The summed E-state index contributed by atoms with van der Waals surface area (Å²) in [6, 6.07) is 2.18. The molecule has 3 aromatic rings. The van der Waals surface area contributed by atoms with Gasteiger partial charge in [0, 0.05) is 12.1 Å². The van der Waals surface area contributed by atoms with Crippen LogP contribution in [0.5, 0.6) is 0 Å². The summed E-state index contributed by atoms with van der Waals surface area (Å²) in [6.07, 6.45) is 1.37. The number of aliphatic hydroxyl groups is 2. The first kappa shape index (κ1) is 21.0. The van der Waals surface area contributed by atoms with Crippen LogP contribution in [0.2, 0.25) is 0 Å².